The number of amides is 1. The monoisotopic (exact) mass is 318 g/mol. The lowest BCUT2D eigenvalue weighted by Gasteiger charge is -2.05. The lowest BCUT2D eigenvalue weighted by Crippen LogP contribution is -2.12. The number of nitro groups is 1. The van der Waals surface area contributed by atoms with E-state index in [1.165, 1.54) is 11.3 Å². The van der Waals surface area contributed by atoms with Crippen LogP contribution < -0.4 is 5.32 Å². The summed E-state index contributed by atoms with van der Waals surface area (Å²) in [7, 11) is 0. The highest BCUT2D eigenvalue weighted by Gasteiger charge is 2.16. The summed E-state index contributed by atoms with van der Waals surface area (Å²) in [4.78, 5) is 28.2. The quantitative estimate of drug-likeness (QED) is 0.438. The normalized spacial score (nSPS) is 10.8. The van der Waals surface area contributed by atoms with E-state index < -0.39 is 10.8 Å². The average molecular weight is 318 g/mol. The van der Waals surface area contributed by atoms with Gasteiger partial charge in [-0.15, -0.1) is 11.3 Å². The van der Waals surface area contributed by atoms with Gasteiger partial charge in [-0.2, -0.15) is 0 Å². The molecule has 2 aromatic heterocycles. The molecule has 0 unspecified atom stereocenters. The highest BCUT2D eigenvalue weighted by Crippen LogP contribution is 2.28. The van der Waals surface area contributed by atoms with Crippen molar-refractivity contribution in [2.75, 3.05) is 5.32 Å². The SMILES string of the molecule is Cc1cn2cc(C(=O)Nc3cc([N+](=O)[O-])ccc3O)nc2s1. The molecule has 1 aromatic carbocycles. The van der Waals surface area contributed by atoms with E-state index in [2.05, 4.69) is 10.3 Å². The third-order valence-electron chi connectivity index (χ3n) is 2.94. The van der Waals surface area contributed by atoms with Crippen LogP contribution in [-0.4, -0.2) is 25.3 Å². The molecule has 0 atom stereocenters. The number of non-ortho nitro benzene ring substituents is 1. The topological polar surface area (TPSA) is 110 Å². The van der Waals surface area contributed by atoms with Crippen molar-refractivity contribution in [1.29, 1.82) is 0 Å². The number of thiazole rings is 1. The van der Waals surface area contributed by atoms with Crippen LogP contribution in [0.1, 0.15) is 15.4 Å². The molecule has 1 amide bonds. The molecule has 0 saturated heterocycles. The number of aryl methyl sites for hydroxylation is 1. The molecule has 2 heterocycles. The first-order valence-corrected chi connectivity index (χ1v) is 6.99. The Morgan fingerprint density at radius 2 is 2.23 bits per heavy atom. The first-order chi connectivity index (χ1) is 10.4. The van der Waals surface area contributed by atoms with Crippen molar-refractivity contribution in [2.24, 2.45) is 0 Å². The predicted octanol–water partition coefficient (Wildman–Crippen LogP) is 2.57. The van der Waals surface area contributed by atoms with Gasteiger partial charge in [0.25, 0.3) is 11.6 Å². The first kappa shape index (κ1) is 14.0. The zero-order valence-electron chi connectivity index (χ0n) is 11.3. The van der Waals surface area contributed by atoms with Crippen molar-refractivity contribution in [3.8, 4) is 5.75 Å². The number of aromatic nitrogens is 2. The van der Waals surface area contributed by atoms with Crippen LogP contribution in [0, 0.1) is 17.0 Å². The Balaban J connectivity index is 1.88. The van der Waals surface area contributed by atoms with E-state index in [0.29, 0.717) is 4.96 Å². The Labute approximate surface area is 127 Å². The Kier molecular flexibility index (Phi) is 3.26. The number of phenolic OH excluding ortho intramolecular Hbond substituents is 1. The fourth-order valence-corrected chi connectivity index (χ4v) is 2.75. The molecule has 3 aromatic rings. The number of rotatable bonds is 3. The van der Waals surface area contributed by atoms with Crippen LogP contribution in [0.4, 0.5) is 11.4 Å². The summed E-state index contributed by atoms with van der Waals surface area (Å²) < 4.78 is 1.72. The molecular formula is C13H10N4O4S. The Morgan fingerprint density at radius 3 is 2.91 bits per heavy atom. The van der Waals surface area contributed by atoms with Crippen LogP contribution in [0.2, 0.25) is 0 Å². The van der Waals surface area contributed by atoms with Gasteiger partial charge in [0.2, 0.25) is 0 Å². The van der Waals surface area contributed by atoms with Crippen LogP contribution >= 0.6 is 11.3 Å². The van der Waals surface area contributed by atoms with Gasteiger partial charge in [-0.1, -0.05) is 0 Å². The molecule has 0 aliphatic rings. The van der Waals surface area contributed by atoms with Gasteiger partial charge in [0.15, 0.2) is 4.96 Å². The van der Waals surface area contributed by atoms with Gasteiger partial charge < -0.3 is 10.4 Å². The highest BCUT2D eigenvalue weighted by atomic mass is 32.1. The van der Waals surface area contributed by atoms with Gasteiger partial charge in [-0.05, 0) is 13.0 Å². The lowest BCUT2D eigenvalue weighted by atomic mass is 10.2. The minimum absolute atomic E-state index is 0.0354. The number of hydrogen-bond donors (Lipinski definition) is 2. The number of fused-ring (bicyclic) bond motifs is 1. The minimum Gasteiger partial charge on any atom is -0.506 e. The van der Waals surface area contributed by atoms with Gasteiger partial charge in [-0.3, -0.25) is 19.3 Å². The number of anilines is 1. The summed E-state index contributed by atoms with van der Waals surface area (Å²) in [6.45, 7) is 1.93. The highest BCUT2D eigenvalue weighted by molar-refractivity contribution is 7.17. The number of carbonyl (C=O) groups excluding carboxylic acids is 1. The van der Waals surface area contributed by atoms with Crippen molar-refractivity contribution >= 4 is 33.6 Å². The lowest BCUT2D eigenvalue weighted by molar-refractivity contribution is -0.384. The second kappa shape index (κ2) is 5.11. The molecule has 8 nitrogen and oxygen atoms in total. The largest absolute Gasteiger partial charge is 0.506 e. The van der Waals surface area contributed by atoms with Crippen LogP contribution in [0.15, 0.2) is 30.6 Å². The second-order valence-electron chi connectivity index (χ2n) is 4.57. The van der Waals surface area contributed by atoms with Gasteiger partial charge >= 0.3 is 0 Å². The molecular weight excluding hydrogens is 308 g/mol. The van der Waals surface area contributed by atoms with Gasteiger partial charge in [0, 0.05) is 29.4 Å². The smallest absolute Gasteiger partial charge is 0.276 e. The molecule has 0 radical (unpaired) electrons. The minimum atomic E-state index is -0.607. The number of benzene rings is 1. The second-order valence-corrected chi connectivity index (χ2v) is 5.78. The molecule has 9 heteroatoms. The summed E-state index contributed by atoms with van der Waals surface area (Å²) in [6.07, 6.45) is 3.40. The van der Waals surface area contributed by atoms with E-state index in [0.717, 1.165) is 23.1 Å². The van der Waals surface area contributed by atoms with Crippen molar-refractivity contribution in [2.45, 2.75) is 6.92 Å². The number of nitro benzene ring substituents is 1. The summed E-state index contributed by atoms with van der Waals surface area (Å²) in [5.41, 5.74) is -0.0987. The maximum absolute atomic E-state index is 12.1. The third-order valence-corrected chi connectivity index (χ3v) is 3.86. The maximum Gasteiger partial charge on any atom is 0.276 e. The fraction of sp³-hybridized carbons (Fsp3) is 0.0769. The van der Waals surface area contributed by atoms with E-state index in [1.54, 1.807) is 10.6 Å². The number of carbonyl (C=O) groups is 1. The number of phenols is 1. The average Bonchev–Trinajstić information content (AvgIpc) is 2.98. The summed E-state index contributed by atoms with van der Waals surface area (Å²) in [5, 5.41) is 22.8. The van der Waals surface area contributed by atoms with Crippen LogP contribution in [-0.2, 0) is 0 Å². The van der Waals surface area contributed by atoms with E-state index in [-0.39, 0.29) is 22.8 Å². The Hall–Kier alpha value is -2.94. The number of nitrogens with one attached hydrogen (secondary N) is 1. The number of imidazole rings is 1. The van der Waals surface area contributed by atoms with E-state index in [4.69, 9.17) is 0 Å². The van der Waals surface area contributed by atoms with Crippen LogP contribution in [0.25, 0.3) is 4.96 Å². The molecule has 3 rings (SSSR count). The molecule has 0 fully saturated rings. The number of hydrogen-bond acceptors (Lipinski definition) is 6. The van der Waals surface area contributed by atoms with Crippen molar-refractivity contribution < 1.29 is 14.8 Å². The first-order valence-electron chi connectivity index (χ1n) is 6.18. The van der Waals surface area contributed by atoms with Gasteiger partial charge in [0.05, 0.1) is 10.6 Å². The zero-order chi connectivity index (χ0) is 15.9. The number of nitrogens with zero attached hydrogens (tertiary/aromatic N) is 3. The van der Waals surface area contributed by atoms with E-state index in [9.17, 15) is 20.0 Å². The van der Waals surface area contributed by atoms with Gasteiger partial charge in [0.1, 0.15) is 11.4 Å². The van der Waals surface area contributed by atoms with Crippen molar-refractivity contribution in [3.05, 3.63) is 51.3 Å². The maximum atomic E-state index is 12.1. The summed E-state index contributed by atoms with van der Waals surface area (Å²) in [6, 6.07) is 3.40. The van der Waals surface area contributed by atoms with Crippen molar-refractivity contribution in [3.63, 3.8) is 0 Å². The molecule has 2 N–H and O–H groups in total. The predicted molar refractivity (Wildman–Crippen MR) is 80.5 cm³/mol. The van der Waals surface area contributed by atoms with Crippen molar-refractivity contribution in [1.82, 2.24) is 9.38 Å². The third kappa shape index (κ3) is 2.49. The molecule has 0 bridgehead atoms. The van der Waals surface area contributed by atoms with Gasteiger partial charge in [-0.25, -0.2) is 4.98 Å². The fourth-order valence-electron chi connectivity index (χ4n) is 1.94. The van der Waals surface area contributed by atoms with Crippen LogP contribution in [0.3, 0.4) is 0 Å². The molecule has 0 spiro atoms. The van der Waals surface area contributed by atoms with Crippen LogP contribution in [0.5, 0.6) is 5.75 Å². The molecule has 0 saturated carbocycles. The zero-order valence-corrected chi connectivity index (χ0v) is 12.1. The Bertz CT molecular complexity index is 867. The molecule has 22 heavy (non-hydrogen) atoms. The molecule has 0 aliphatic carbocycles. The summed E-state index contributed by atoms with van der Waals surface area (Å²) in [5.74, 6) is -0.805. The standard InChI is InChI=1S/C13H10N4O4S/c1-7-5-16-6-10(15-13(16)22-7)12(19)14-9-4-8(17(20)21)2-3-11(9)18/h2-6,18H,1H3,(H,14,19). The molecule has 112 valence electrons. The summed E-state index contributed by atoms with van der Waals surface area (Å²) >= 11 is 1.44. The van der Waals surface area contributed by atoms with E-state index in [1.807, 2.05) is 13.1 Å². The molecule has 0 aliphatic heterocycles. The number of aromatic hydroxyl groups is 1. The Morgan fingerprint density at radius 1 is 1.45 bits per heavy atom. The van der Waals surface area contributed by atoms with E-state index >= 15 is 0 Å².